The lowest BCUT2D eigenvalue weighted by molar-refractivity contribution is -0.136. The molecule has 0 unspecified atom stereocenters. The van der Waals surface area contributed by atoms with Gasteiger partial charge in [0, 0.05) is 19.3 Å². The van der Waals surface area contributed by atoms with Gasteiger partial charge in [-0.15, -0.1) is 0 Å². The molecule has 0 aliphatic heterocycles. The second-order valence-electron chi connectivity index (χ2n) is 12.1. The van der Waals surface area contributed by atoms with Crippen LogP contribution in [0.3, 0.4) is 0 Å². The molecule has 0 rings (SSSR count). The number of nitrogens with two attached hydrogens (primary N) is 1. The van der Waals surface area contributed by atoms with Crippen LogP contribution in [-0.2, 0) is 0 Å². The minimum absolute atomic E-state index is 0.198. The smallest absolute Gasteiger partial charge is 0.351 e. The molecule has 0 saturated carbocycles. The topological polar surface area (TPSA) is 26.0 Å². The Bertz CT molecular complexity index is 513. The average Bonchev–Trinajstić information content (AvgIpc) is 2.84. The fraction of sp³-hybridized carbons (Fsp3) is 1.00. The van der Waals surface area contributed by atoms with Gasteiger partial charge in [0.2, 0.25) is 0 Å². The summed E-state index contributed by atoms with van der Waals surface area (Å²) in [4.78, 5) is 0. The molecule has 1 nitrogen and oxygen atoms in total. The van der Waals surface area contributed by atoms with Crippen LogP contribution in [0.5, 0.6) is 0 Å². The number of unbranched alkanes of at least 4 members (excludes halogenated alkanes) is 18. The summed E-state index contributed by atoms with van der Waals surface area (Å²) in [5.74, 6) is 0. The first kappa shape index (κ1) is 40.5. The lowest BCUT2D eigenvalue weighted by Gasteiger charge is -2.27. The Hall–Kier alpha value is -0.453. The van der Waals surface area contributed by atoms with Gasteiger partial charge >= 0.3 is 18.5 Å². The molecule has 41 heavy (non-hydrogen) atoms. The number of hydrogen-bond donors (Lipinski definition) is 1. The number of hydrogen-bond acceptors (Lipinski definition) is 1. The summed E-state index contributed by atoms with van der Waals surface area (Å²) in [6, 6.07) is 3.11. The van der Waals surface area contributed by atoms with Crippen LogP contribution in [0, 0.1) is 0 Å². The predicted octanol–water partition coefficient (Wildman–Crippen LogP) is 12.9. The van der Waals surface area contributed by atoms with E-state index >= 15 is 0 Å². The van der Waals surface area contributed by atoms with E-state index in [2.05, 4.69) is 0 Å². The van der Waals surface area contributed by atoms with E-state index in [1.807, 2.05) is 0 Å². The molecule has 0 aromatic carbocycles. The molecule has 0 fully saturated rings. The van der Waals surface area contributed by atoms with Gasteiger partial charge in [-0.25, -0.2) is 0 Å². The number of rotatable bonds is 27. The van der Waals surface area contributed by atoms with Crippen LogP contribution in [0.2, 0.25) is 18.1 Å². The van der Waals surface area contributed by atoms with Crippen molar-refractivity contribution in [1.29, 1.82) is 0 Å². The molecule has 0 radical (unpaired) electrons. The summed E-state index contributed by atoms with van der Waals surface area (Å²) in [5, 5.41) is 6.98. The van der Waals surface area contributed by atoms with Gasteiger partial charge in [0.25, 0.3) is 0 Å². The zero-order valence-electron chi connectivity index (χ0n) is 25.1. The molecule has 0 heterocycles. The van der Waals surface area contributed by atoms with Gasteiger partial charge in [0.05, 0.1) is 0 Å². The van der Waals surface area contributed by atoms with Crippen LogP contribution in [0.25, 0.3) is 0 Å². The Morgan fingerprint density at radius 2 is 0.463 bits per heavy atom. The van der Waals surface area contributed by atoms with Crippen LogP contribution in [-0.4, -0.2) is 26.8 Å². The second-order valence-corrected chi connectivity index (χ2v) is 16.4. The lowest BCUT2D eigenvalue weighted by atomic mass is 10.1. The fourth-order valence-corrected chi connectivity index (χ4v) is 9.05. The van der Waals surface area contributed by atoms with E-state index in [0.29, 0.717) is 19.3 Å². The Morgan fingerprint density at radius 1 is 0.293 bits per heavy atom. The van der Waals surface area contributed by atoms with Crippen molar-refractivity contribution in [3.8, 4) is 0 Å². The minimum atomic E-state index is -4.07. The standard InChI is InChI=1S/C30H56F9NSi/c31-28(32,33)22-16-10-4-1-7-13-19-25-41(40,26-20-14-8-2-5-11-17-23-29(34,35)36)27-21-15-9-3-6-12-18-24-30(37,38)39/h1-27,40H2. The van der Waals surface area contributed by atoms with Crippen molar-refractivity contribution in [2.24, 2.45) is 5.40 Å². The molecular formula is C30H56F9NSi. The maximum Gasteiger partial charge on any atom is 0.389 e. The van der Waals surface area contributed by atoms with Gasteiger partial charge < -0.3 is 5.40 Å². The first-order valence-corrected chi connectivity index (χ1v) is 18.8. The van der Waals surface area contributed by atoms with Crippen molar-refractivity contribution < 1.29 is 39.5 Å². The van der Waals surface area contributed by atoms with Gasteiger partial charge in [-0.2, -0.15) is 39.5 Å². The van der Waals surface area contributed by atoms with Crippen molar-refractivity contribution >= 4 is 8.24 Å². The molecule has 11 heteroatoms. The summed E-state index contributed by atoms with van der Waals surface area (Å²) in [6.45, 7) is 0. The molecule has 0 atom stereocenters. The van der Waals surface area contributed by atoms with Crippen LogP contribution in [0.1, 0.15) is 154 Å². The first-order chi connectivity index (χ1) is 19.1. The summed E-state index contributed by atoms with van der Waals surface area (Å²) in [6.07, 6.45) is 2.74. The minimum Gasteiger partial charge on any atom is -0.351 e. The van der Waals surface area contributed by atoms with Gasteiger partial charge in [0.15, 0.2) is 0 Å². The summed E-state index contributed by atoms with van der Waals surface area (Å²) >= 11 is 0. The maximum atomic E-state index is 12.2. The van der Waals surface area contributed by atoms with Crippen molar-refractivity contribution in [2.75, 3.05) is 0 Å². The SMILES string of the molecule is N[Si](CCCCCCCCCC(F)(F)F)(CCCCCCCCCC(F)(F)F)CCCCCCCCCC(F)(F)F. The van der Waals surface area contributed by atoms with E-state index in [9.17, 15) is 39.5 Å². The Labute approximate surface area is 244 Å². The highest BCUT2D eigenvalue weighted by atomic mass is 28.3. The van der Waals surface area contributed by atoms with E-state index in [-0.39, 0.29) is 19.3 Å². The molecule has 0 spiro atoms. The maximum absolute atomic E-state index is 12.2. The summed E-state index contributed by atoms with van der Waals surface area (Å²) < 4.78 is 110. The number of halogens is 9. The van der Waals surface area contributed by atoms with Crippen molar-refractivity contribution in [3.63, 3.8) is 0 Å². The zero-order chi connectivity index (χ0) is 31.1. The predicted molar refractivity (Wildman–Crippen MR) is 153 cm³/mol. The number of alkyl halides is 9. The zero-order valence-corrected chi connectivity index (χ0v) is 26.1. The molecular weight excluding hydrogens is 573 g/mol. The molecule has 248 valence electrons. The highest BCUT2D eigenvalue weighted by Crippen LogP contribution is 2.28. The summed E-state index contributed by atoms with van der Waals surface area (Å²) in [7, 11) is -1.93. The Kier molecular flexibility index (Phi) is 22.7. The molecule has 2 N–H and O–H groups in total. The van der Waals surface area contributed by atoms with Gasteiger partial charge in [-0.1, -0.05) is 116 Å². The van der Waals surface area contributed by atoms with Gasteiger partial charge in [-0.3, -0.25) is 0 Å². The molecule has 0 saturated heterocycles. The second kappa shape index (κ2) is 23.0. The third kappa shape index (κ3) is 32.3. The molecule has 0 aliphatic carbocycles. The average molecular weight is 630 g/mol. The van der Waals surface area contributed by atoms with Crippen LogP contribution < -0.4 is 5.40 Å². The van der Waals surface area contributed by atoms with E-state index in [0.717, 1.165) is 114 Å². The third-order valence-corrected chi connectivity index (χ3v) is 12.0. The first-order valence-electron chi connectivity index (χ1n) is 16.1. The van der Waals surface area contributed by atoms with Crippen molar-refractivity contribution in [1.82, 2.24) is 0 Å². The monoisotopic (exact) mass is 629 g/mol. The Morgan fingerprint density at radius 3 is 0.659 bits per heavy atom. The van der Waals surface area contributed by atoms with E-state index in [1.165, 1.54) is 0 Å². The Balaban J connectivity index is 4.20. The van der Waals surface area contributed by atoms with Gasteiger partial charge in [-0.05, 0) is 37.4 Å². The van der Waals surface area contributed by atoms with Crippen molar-refractivity contribution in [2.45, 2.75) is 191 Å². The molecule has 0 aromatic heterocycles. The van der Waals surface area contributed by atoms with Crippen molar-refractivity contribution in [3.05, 3.63) is 0 Å². The van der Waals surface area contributed by atoms with E-state index in [4.69, 9.17) is 5.40 Å². The van der Waals surface area contributed by atoms with Crippen LogP contribution in [0.4, 0.5) is 39.5 Å². The fourth-order valence-electron chi connectivity index (χ4n) is 5.43. The third-order valence-electron chi connectivity index (χ3n) is 7.90. The normalized spacial score (nSPS) is 13.3. The highest BCUT2D eigenvalue weighted by molar-refractivity contribution is 6.76. The summed E-state index contributed by atoms with van der Waals surface area (Å²) in [5.41, 5.74) is 0. The van der Waals surface area contributed by atoms with Crippen LogP contribution in [0.15, 0.2) is 0 Å². The molecule has 0 bridgehead atoms. The molecule has 0 amide bonds. The molecule has 0 aliphatic rings. The van der Waals surface area contributed by atoms with Gasteiger partial charge in [0.1, 0.15) is 8.24 Å². The highest BCUT2D eigenvalue weighted by Gasteiger charge is 2.28. The van der Waals surface area contributed by atoms with E-state index < -0.39 is 46.0 Å². The van der Waals surface area contributed by atoms with Crippen LogP contribution >= 0.6 is 0 Å². The largest absolute Gasteiger partial charge is 0.389 e. The quantitative estimate of drug-likeness (QED) is 0.0546. The van der Waals surface area contributed by atoms with E-state index in [1.54, 1.807) is 0 Å². The lowest BCUT2D eigenvalue weighted by Crippen LogP contribution is -2.45. The molecule has 0 aromatic rings.